The molecule has 34 heavy (non-hydrogen) atoms. The largest absolute Gasteiger partial charge is 0.383 e. The van der Waals surface area contributed by atoms with Gasteiger partial charge in [0.25, 0.3) is 0 Å². The second-order valence-electron chi connectivity index (χ2n) is 9.91. The number of aromatic nitrogens is 2. The maximum absolute atomic E-state index is 14.3. The van der Waals surface area contributed by atoms with Crippen LogP contribution in [-0.4, -0.2) is 42.3 Å². The van der Waals surface area contributed by atoms with Crippen molar-refractivity contribution in [1.29, 1.82) is 5.26 Å². The Kier molecular flexibility index (Phi) is 8.02. The Balaban J connectivity index is 1.40. The van der Waals surface area contributed by atoms with Crippen LogP contribution >= 0.6 is 11.6 Å². The highest BCUT2D eigenvalue weighted by Gasteiger charge is 2.43. The summed E-state index contributed by atoms with van der Waals surface area (Å²) in [6.45, 7) is 3.31. The van der Waals surface area contributed by atoms with Gasteiger partial charge in [0.05, 0.1) is 28.8 Å². The van der Waals surface area contributed by atoms with Crippen LogP contribution in [0, 0.1) is 28.6 Å². The van der Waals surface area contributed by atoms with Gasteiger partial charge in [-0.2, -0.15) is 9.65 Å². The van der Waals surface area contributed by atoms with Crippen molar-refractivity contribution in [1.82, 2.24) is 15.3 Å². The van der Waals surface area contributed by atoms with Gasteiger partial charge in [-0.25, -0.2) is 4.98 Å². The third-order valence-electron chi connectivity index (χ3n) is 7.05. The number of anilines is 1. The number of methoxy groups -OCH3 is 1. The van der Waals surface area contributed by atoms with E-state index in [1.165, 1.54) is 6.20 Å². The third kappa shape index (κ3) is 6.24. The molecule has 2 aromatic heterocycles. The van der Waals surface area contributed by atoms with Crippen molar-refractivity contribution in [3.63, 3.8) is 0 Å². The number of hydrogen-bond donors (Lipinski definition) is 2. The molecule has 2 aromatic rings. The Morgan fingerprint density at radius 1 is 1.24 bits per heavy atom. The first-order valence-electron chi connectivity index (χ1n) is 12.1. The molecule has 2 heterocycles. The van der Waals surface area contributed by atoms with E-state index < -0.39 is 5.95 Å². The number of nitriles is 1. The van der Waals surface area contributed by atoms with Crippen molar-refractivity contribution in [2.24, 2.45) is 11.3 Å². The molecule has 8 heteroatoms. The molecule has 2 aliphatic carbocycles. The molecule has 0 aromatic carbocycles. The fourth-order valence-electron chi connectivity index (χ4n) is 4.81. The van der Waals surface area contributed by atoms with Crippen LogP contribution in [0.25, 0.3) is 11.1 Å². The van der Waals surface area contributed by atoms with E-state index in [1.54, 1.807) is 19.4 Å². The highest BCUT2D eigenvalue weighted by Crippen LogP contribution is 2.45. The number of rotatable bonds is 10. The van der Waals surface area contributed by atoms with Gasteiger partial charge in [0.2, 0.25) is 5.95 Å². The quantitative estimate of drug-likeness (QED) is 0.440. The lowest BCUT2D eigenvalue weighted by atomic mass is 9.83. The summed E-state index contributed by atoms with van der Waals surface area (Å²) in [5.41, 5.74) is 2.44. The molecule has 2 aliphatic rings. The summed E-state index contributed by atoms with van der Waals surface area (Å²) in [6, 6.07) is 6.95. The number of nitrogens with zero attached hydrogens (tertiary/aromatic N) is 3. The van der Waals surface area contributed by atoms with Gasteiger partial charge >= 0.3 is 0 Å². The van der Waals surface area contributed by atoms with Gasteiger partial charge in [-0.05, 0) is 69.9 Å². The Morgan fingerprint density at radius 2 is 2.00 bits per heavy atom. The predicted octanol–water partition coefficient (Wildman–Crippen LogP) is 5.38. The highest BCUT2D eigenvalue weighted by atomic mass is 35.5. The lowest BCUT2D eigenvalue weighted by molar-refractivity contribution is 0.158. The molecule has 2 fully saturated rings. The van der Waals surface area contributed by atoms with Gasteiger partial charge in [0, 0.05) is 55.0 Å². The van der Waals surface area contributed by atoms with Crippen molar-refractivity contribution in [2.75, 3.05) is 25.6 Å². The Labute approximate surface area is 206 Å². The molecule has 0 spiro atoms. The van der Waals surface area contributed by atoms with Crippen molar-refractivity contribution >= 4 is 17.3 Å². The van der Waals surface area contributed by atoms with E-state index in [4.69, 9.17) is 16.3 Å². The first kappa shape index (κ1) is 24.8. The van der Waals surface area contributed by atoms with E-state index >= 15 is 0 Å². The molecule has 2 saturated carbocycles. The Hall–Kier alpha value is -2.27. The normalized spacial score (nSPS) is 22.1. The monoisotopic (exact) mass is 485 g/mol. The molecule has 0 unspecified atom stereocenters. The first-order chi connectivity index (χ1) is 16.4. The summed E-state index contributed by atoms with van der Waals surface area (Å²) in [5.74, 6) is 0.00895. The second-order valence-corrected chi connectivity index (χ2v) is 10.3. The number of halogens is 2. The Bertz CT molecular complexity index is 1030. The summed E-state index contributed by atoms with van der Waals surface area (Å²) < 4.78 is 19.5. The van der Waals surface area contributed by atoms with Crippen LogP contribution in [0.1, 0.15) is 51.1 Å². The van der Waals surface area contributed by atoms with Gasteiger partial charge in [-0.3, -0.25) is 4.98 Å². The molecule has 0 aliphatic heterocycles. The zero-order valence-electron chi connectivity index (χ0n) is 19.9. The maximum Gasteiger partial charge on any atom is 0.236 e. The predicted molar refractivity (Wildman–Crippen MR) is 132 cm³/mol. The topological polar surface area (TPSA) is 82.9 Å². The number of nitrogens with one attached hydrogen (secondary N) is 2. The summed E-state index contributed by atoms with van der Waals surface area (Å²) in [7, 11) is 1.74. The third-order valence-corrected chi connectivity index (χ3v) is 7.35. The number of pyridine rings is 2. The molecule has 0 radical (unpaired) electrons. The number of hydrogen-bond acceptors (Lipinski definition) is 6. The molecule has 4 rings (SSSR count). The van der Waals surface area contributed by atoms with Gasteiger partial charge in [0.1, 0.15) is 0 Å². The molecular formula is C26H33ClFN5O. The molecule has 6 nitrogen and oxygen atoms in total. The average molecular weight is 486 g/mol. The van der Waals surface area contributed by atoms with Crippen molar-refractivity contribution in [3.8, 4) is 17.2 Å². The van der Waals surface area contributed by atoms with Gasteiger partial charge in [-0.15, -0.1) is 0 Å². The standard InChI is InChI=1S/C26H33ClFN5O/c1-17(14-34-2)33-20-5-3-18(4-6-20)9-21-11-22(23(27)13-30-21)19-10-24(25(28)31-12-19)32-16-26(15-29)7-8-26/h10-13,17-18,20,32-33H,3-9,14,16H2,1-2H3/t17-,18?,20?/m1/s1. The average Bonchev–Trinajstić information content (AvgIpc) is 3.62. The van der Waals surface area contributed by atoms with E-state index in [1.807, 2.05) is 6.07 Å². The van der Waals surface area contributed by atoms with E-state index in [2.05, 4.69) is 33.6 Å². The molecule has 0 amide bonds. The van der Waals surface area contributed by atoms with Crippen LogP contribution in [-0.2, 0) is 11.2 Å². The zero-order chi connectivity index (χ0) is 24.1. The van der Waals surface area contributed by atoms with Gasteiger partial charge < -0.3 is 15.4 Å². The van der Waals surface area contributed by atoms with Gasteiger partial charge in [-0.1, -0.05) is 11.6 Å². The summed E-state index contributed by atoms with van der Waals surface area (Å²) in [4.78, 5) is 8.49. The van der Waals surface area contributed by atoms with Crippen LogP contribution in [0.5, 0.6) is 0 Å². The minimum atomic E-state index is -0.576. The molecule has 0 bridgehead atoms. The summed E-state index contributed by atoms with van der Waals surface area (Å²) in [5, 5.41) is 16.5. The second kappa shape index (κ2) is 11.0. The molecule has 1 atom stereocenters. The highest BCUT2D eigenvalue weighted by molar-refractivity contribution is 6.33. The fourth-order valence-corrected chi connectivity index (χ4v) is 5.02. The van der Waals surface area contributed by atoms with Crippen LogP contribution in [0.4, 0.5) is 10.1 Å². The minimum Gasteiger partial charge on any atom is -0.383 e. The van der Waals surface area contributed by atoms with E-state index in [0.717, 1.165) is 68.4 Å². The first-order valence-corrected chi connectivity index (χ1v) is 12.5. The lowest BCUT2D eigenvalue weighted by Crippen LogP contribution is -2.41. The maximum atomic E-state index is 14.3. The van der Waals surface area contributed by atoms with Crippen LogP contribution in [0.3, 0.4) is 0 Å². The minimum absolute atomic E-state index is 0.293. The van der Waals surface area contributed by atoms with Gasteiger partial charge in [0.15, 0.2) is 0 Å². The summed E-state index contributed by atoms with van der Waals surface area (Å²) in [6.07, 6.45) is 10.4. The number of ether oxygens (including phenoxy) is 1. The molecule has 182 valence electrons. The van der Waals surface area contributed by atoms with E-state index in [-0.39, 0.29) is 5.41 Å². The van der Waals surface area contributed by atoms with Crippen LogP contribution < -0.4 is 10.6 Å². The van der Waals surface area contributed by atoms with E-state index in [9.17, 15) is 9.65 Å². The van der Waals surface area contributed by atoms with E-state index in [0.29, 0.717) is 35.3 Å². The van der Waals surface area contributed by atoms with Crippen molar-refractivity contribution in [3.05, 3.63) is 41.2 Å². The van der Waals surface area contributed by atoms with Crippen molar-refractivity contribution < 1.29 is 9.13 Å². The van der Waals surface area contributed by atoms with Crippen LogP contribution in [0.2, 0.25) is 5.02 Å². The van der Waals surface area contributed by atoms with Crippen LogP contribution in [0.15, 0.2) is 24.5 Å². The molecular weight excluding hydrogens is 453 g/mol. The fraction of sp³-hybridized carbons (Fsp3) is 0.577. The van der Waals surface area contributed by atoms with Crippen molar-refractivity contribution in [2.45, 2.75) is 64.0 Å². The Morgan fingerprint density at radius 3 is 2.68 bits per heavy atom. The summed E-state index contributed by atoms with van der Waals surface area (Å²) >= 11 is 6.47. The zero-order valence-corrected chi connectivity index (χ0v) is 20.7. The molecule has 0 saturated heterocycles. The smallest absolute Gasteiger partial charge is 0.236 e. The lowest BCUT2D eigenvalue weighted by Gasteiger charge is -2.31. The SMILES string of the molecule is COC[C@@H](C)NC1CCC(Cc2cc(-c3cnc(F)c(NCC4(C#N)CC4)c3)c(Cl)cn2)CC1. The molecule has 2 N–H and O–H groups in total.